The fraction of sp³-hybridized carbons (Fsp3) is 0.487. The lowest BCUT2D eigenvalue weighted by Gasteiger charge is -2.41. The highest BCUT2D eigenvalue weighted by Crippen LogP contribution is 2.41. The molecule has 0 unspecified atom stereocenters. The van der Waals surface area contributed by atoms with Crippen molar-refractivity contribution < 1.29 is 32.9 Å². The topological polar surface area (TPSA) is 85.5 Å². The van der Waals surface area contributed by atoms with Gasteiger partial charge in [-0.3, -0.25) is 4.40 Å². The number of benzene rings is 2. The molecule has 49 heavy (non-hydrogen) atoms. The Hall–Kier alpha value is -4.02. The fourth-order valence-electron chi connectivity index (χ4n) is 7.01. The summed E-state index contributed by atoms with van der Waals surface area (Å²) in [6, 6.07) is 11.3. The molecule has 5 heterocycles. The zero-order valence-electron chi connectivity index (χ0n) is 29.3. The third-order valence-corrected chi connectivity index (χ3v) is 9.55. The average molecular weight is 676 g/mol. The van der Waals surface area contributed by atoms with Gasteiger partial charge < -0.3 is 24.2 Å². The van der Waals surface area contributed by atoms with E-state index in [1.807, 2.05) is 69.5 Å². The molecule has 3 aliphatic heterocycles. The highest BCUT2D eigenvalue weighted by atomic mass is 19.1. The Labute approximate surface area is 287 Å². The van der Waals surface area contributed by atoms with Crippen LogP contribution in [0.4, 0.5) is 14.6 Å². The van der Waals surface area contributed by atoms with E-state index in [2.05, 4.69) is 11.8 Å². The smallest absolute Gasteiger partial charge is 0.337 e. The van der Waals surface area contributed by atoms with Gasteiger partial charge in [-0.15, -0.1) is 0 Å². The van der Waals surface area contributed by atoms with E-state index in [-0.39, 0.29) is 23.0 Å². The van der Waals surface area contributed by atoms with Crippen LogP contribution in [0.2, 0.25) is 0 Å². The molecular formula is C39H47F2N3O5. The number of anilines is 1. The number of hydrogen-bond acceptors (Lipinski definition) is 6. The molecule has 2 aromatic carbocycles. The predicted octanol–water partition coefficient (Wildman–Crippen LogP) is 8.91. The van der Waals surface area contributed by atoms with Crippen molar-refractivity contribution in [2.24, 2.45) is 0 Å². The summed E-state index contributed by atoms with van der Waals surface area (Å²) in [6.45, 7) is 13.5. The lowest BCUT2D eigenvalue weighted by atomic mass is 9.92. The van der Waals surface area contributed by atoms with Crippen LogP contribution >= 0.6 is 0 Å². The van der Waals surface area contributed by atoms with E-state index in [0.29, 0.717) is 42.2 Å². The van der Waals surface area contributed by atoms with Crippen LogP contribution < -0.4 is 9.64 Å². The number of aromatic nitrogens is 2. The number of carboxylic acids is 1. The highest BCUT2D eigenvalue weighted by Gasteiger charge is 2.37. The van der Waals surface area contributed by atoms with Crippen molar-refractivity contribution in [1.82, 2.24) is 9.38 Å². The maximum absolute atomic E-state index is 15.5. The summed E-state index contributed by atoms with van der Waals surface area (Å²) in [6.07, 6.45) is 5.46. The van der Waals surface area contributed by atoms with Crippen LogP contribution in [-0.2, 0) is 14.3 Å². The van der Waals surface area contributed by atoms with Gasteiger partial charge in [0.1, 0.15) is 28.8 Å². The van der Waals surface area contributed by atoms with E-state index < -0.39 is 29.3 Å². The Bertz CT molecular complexity index is 1840. The van der Waals surface area contributed by atoms with E-state index in [9.17, 15) is 14.3 Å². The van der Waals surface area contributed by atoms with Crippen LogP contribution in [0.5, 0.6) is 5.75 Å². The maximum atomic E-state index is 15.5. The summed E-state index contributed by atoms with van der Waals surface area (Å²) in [5.41, 5.74) is 3.04. The number of piperidine rings is 1. The molecule has 10 heteroatoms. The number of hydrogen-bond donors (Lipinski definition) is 1. The molecule has 4 aromatic rings. The monoisotopic (exact) mass is 675 g/mol. The molecule has 0 saturated carbocycles. The van der Waals surface area contributed by atoms with Gasteiger partial charge in [0.05, 0.1) is 28.6 Å². The van der Waals surface area contributed by atoms with Gasteiger partial charge in [0.2, 0.25) is 0 Å². The van der Waals surface area contributed by atoms with Gasteiger partial charge in [0.15, 0.2) is 6.10 Å². The molecule has 262 valence electrons. The van der Waals surface area contributed by atoms with Crippen molar-refractivity contribution in [1.29, 1.82) is 0 Å². The molecule has 8 nitrogen and oxygen atoms in total. The van der Waals surface area contributed by atoms with Gasteiger partial charge in [-0.25, -0.2) is 18.6 Å². The van der Waals surface area contributed by atoms with Gasteiger partial charge in [-0.05, 0) is 96.9 Å². The molecule has 7 rings (SSSR count). The summed E-state index contributed by atoms with van der Waals surface area (Å²) >= 11 is 0. The standard InChI is InChI=1S/C39H47F2N3O5/c1-24-19-32-42-30-23-44(32)36(33(24)35(37(45)46)49-38(3,4)5)43-16-14-39(6,15-17-43)47-18-9-7-8-11-25(2)48-31-22-28(40)21-29(41)34(31)27-13-10-12-26(30)20-27/h10,12-13,19-23,25,35H,7-9,11,14-18H2,1-6H3,(H,45,46)/t25-,35-/m0/s1. The second-order valence-corrected chi connectivity index (χ2v) is 14.8. The van der Waals surface area contributed by atoms with E-state index in [0.717, 1.165) is 61.5 Å². The quantitative estimate of drug-likeness (QED) is 0.232. The van der Waals surface area contributed by atoms with Crippen molar-refractivity contribution in [2.75, 3.05) is 24.6 Å². The second kappa shape index (κ2) is 13.7. The number of aliphatic carboxylic acids is 1. The number of halogens is 2. The summed E-state index contributed by atoms with van der Waals surface area (Å²) in [5, 5.41) is 10.5. The molecule has 0 aliphatic carbocycles. The van der Waals surface area contributed by atoms with Crippen LogP contribution in [0.3, 0.4) is 0 Å². The number of aryl methyl sites for hydroxylation is 1. The Morgan fingerprint density at radius 3 is 2.53 bits per heavy atom. The van der Waals surface area contributed by atoms with Gasteiger partial charge in [-0.1, -0.05) is 24.6 Å². The molecule has 1 N–H and O–H groups in total. The van der Waals surface area contributed by atoms with Crippen molar-refractivity contribution in [2.45, 2.75) is 103 Å². The van der Waals surface area contributed by atoms with E-state index in [1.165, 1.54) is 6.07 Å². The lowest BCUT2D eigenvalue weighted by molar-refractivity contribution is -0.160. The molecule has 1 fully saturated rings. The number of carboxylic acid groups (broad SMARTS) is 1. The summed E-state index contributed by atoms with van der Waals surface area (Å²) in [5.74, 6) is -1.59. The molecule has 2 aromatic heterocycles. The fourth-order valence-corrected chi connectivity index (χ4v) is 7.01. The van der Waals surface area contributed by atoms with Crippen molar-refractivity contribution >= 4 is 17.4 Å². The number of ether oxygens (including phenoxy) is 3. The molecule has 0 amide bonds. The first kappa shape index (κ1) is 34.8. The first-order chi connectivity index (χ1) is 23.2. The third-order valence-electron chi connectivity index (χ3n) is 9.55. The summed E-state index contributed by atoms with van der Waals surface area (Å²) in [4.78, 5) is 20.1. The minimum absolute atomic E-state index is 0.157. The largest absolute Gasteiger partial charge is 0.490 e. The first-order valence-corrected chi connectivity index (χ1v) is 17.3. The lowest BCUT2D eigenvalue weighted by Crippen LogP contribution is -2.45. The zero-order valence-corrected chi connectivity index (χ0v) is 29.3. The van der Waals surface area contributed by atoms with Gasteiger partial charge in [0, 0.05) is 49.2 Å². The van der Waals surface area contributed by atoms with Gasteiger partial charge in [0.25, 0.3) is 0 Å². The minimum atomic E-state index is -1.21. The molecule has 0 radical (unpaired) electrons. The van der Waals surface area contributed by atoms with Crippen molar-refractivity contribution in [3.63, 3.8) is 0 Å². The zero-order chi connectivity index (χ0) is 35.1. The third kappa shape index (κ3) is 7.60. The molecule has 3 aliphatic rings. The predicted molar refractivity (Wildman–Crippen MR) is 186 cm³/mol. The Kier molecular flexibility index (Phi) is 9.74. The Morgan fingerprint density at radius 2 is 1.82 bits per heavy atom. The second-order valence-electron chi connectivity index (χ2n) is 14.8. The van der Waals surface area contributed by atoms with Gasteiger partial charge in [-0.2, -0.15) is 0 Å². The molecule has 6 bridgehead atoms. The molecular weight excluding hydrogens is 628 g/mol. The van der Waals surface area contributed by atoms with Crippen LogP contribution in [0.15, 0.2) is 48.7 Å². The number of imidazole rings is 1. The van der Waals surface area contributed by atoms with Crippen LogP contribution in [0.1, 0.15) is 90.4 Å². The van der Waals surface area contributed by atoms with E-state index >= 15 is 4.39 Å². The number of carbonyl (C=O) groups is 1. The van der Waals surface area contributed by atoms with Gasteiger partial charge >= 0.3 is 5.97 Å². The SMILES string of the molecule is Cc1cc2nc3cn2c(c1[C@H](OC(C)(C)C)C(=O)O)N1CCC(C)(CC1)OCCCCC[C@H](C)Oc1cc(F)cc(F)c1-c1cccc-3c1. The molecule has 2 atom stereocenters. The van der Waals surface area contributed by atoms with Crippen LogP contribution in [-0.4, -0.2) is 57.5 Å². The maximum Gasteiger partial charge on any atom is 0.337 e. The number of fused-ring (bicyclic) bond motifs is 9. The molecule has 1 saturated heterocycles. The minimum Gasteiger partial charge on any atom is -0.490 e. The average Bonchev–Trinajstić information content (AvgIpc) is 3.44. The number of rotatable bonds is 3. The van der Waals surface area contributed by atoms with Crippen molar-refractivity contribution in [3.8, 4) is 28.1 Å². The van der Waals surface area contributed by atoms with Crippen molar-refractivity contribution in [3.05, 3.63) is 71.4 Å². The van der Waals surface area contributed by atoms with E-state index in [4.69, 9.17) is 19.2 Å². The van der Waals surface area contributed by atoms with Crippen LogP contribution in [0.25, 0.3) is 28.0 Å². The van der Waals surface area contributed by atoms with Crippen LogP contribution in [0, 0.1) is 18.6 Å². The number of nitrogens with zero attached hydrogens (tertiary/aromatic N) is 3. The molecule has 0 spiro atoms. The normalized spacial score (nSPS) is 21.2. The Balaban J connectivity index is 1.53. The highest BCUT2D eigenvalue weighted by molar-refractivity contribution is 5.80. The summed E-state index contributed by atoms with van der Waals surface area (Å²) in [7, 11) is 0. The number of pyridine rings is 1. The summed E-state index contributed by atoms with van der Waals surface area (Å²) < 4.78 is 50.9. The van der Waals surface area contributed by atoms with E-state index in [1.54, 1.807) is 6.07 Å². The first-order valence-electron chi connectivity index (χ1n) is 17.3. The Morgan fingerprint density at radius 1 is 1.08 bits per heavy atom.